The fraction of sp³-hybridized carbons (Fsp3) is 0.300. The van der Waals surface area contributed by atoms with Gasteiger partial charge in [0, 0.05) is 23.7 Å². The summed E-state index contributed by atoms with van der Waals surface area (Å²) in [5.74, 6) is 0.369. The average Bonchev–Trinajstić information content (AvgIpc) is 3.14. The molecule has 1 aliphatic rings. The molecule has 1 N–H and O–H groups in total. The maximum Gasteiger partial charge on any atom is 0.256 e. The zero-order chi connectivity index (χ0) is 17.6. The quantitative estimate of drug-likeness (QED) is 0.827. The Balaban J connectivity index is 1.67. The van der Waals surface area contributed by atoms with Crippen molar-refractivity contribution < 1.29 is 9.59 Å². The first-order valence-electron chi connectivity index (χ1n) is 8.51. The molecule has 0 aliphatic carbocycles. The molecule has 0 radical (unpaired) electrons. The third-order valence-electron chi connectivity index (χ3n) is 4.22. The van der Waals surface area contributed by atoms with Crippen LogP contribution in [0.5, 0.6) is 0 Å². The number of amides is 2. The lowest BCUT2D eigenvalue weighted by molar-refractivity contribution is -0.127. The molecule has 0 bridgehead atoms. The maximum atomic E-state index is 12.6. The van der Waals surface area contributed by atoms with Crippen LogP contribution in [-0.2, 0) is 4.79 Å². The number of thioether (sulfide) groups is 1. The van der Waals surface area contributed by atoms with E-state index in [1.807, 2.05) is 54.3 Å². The van der Waals surface area contributed by atoms with Gasteiger partial charge in [0.1, 0.15) is 0 Å². The number of hydrogen-bond acceptors (Lipinski definition) is 3. The number of carbonyl (C=O) groups is 2. The zero-order valence-electron chi connectivity index (χ0n) is 14.3. The van der Waals surface area contributed by atoms with Gasteiger partial charge in [0.15, 0.2) is 0 Å². The summed E-state index contributed by atoms with van der Waals surface area (Å²) in [7, 11) is 0. The Morgan fingerprint density at radius 3 is 2.60 bits per heavy atom. The monoisotopic (exact) mass is 354 g/mol. The van der Waals surface area contributed by atoms with Crippen molar-refractivity contribution in [3.63, 3.8) is 0 Å². The highest BCUT2D eigenvalue weighted by Gasteiger charge is 2.19. The molecule has 2 aromatic carbocycles. The van der Waals surface area contributed by atoms with E-state index >= 15 is 0 Å². The largest absolute Gasteiger partial charge is 0.342 e. The van der Waals surface area contributed by atoms with Gasteiger partial charge in [-0.15, -0.1) is 11.8 Å². The Morgan fingerprint density at radius 1 is 1.08 bits per heavy atom. The molecule has 5 heteroatoms. The van der Waals surface area contributed by atoms with Crippen LogP contribution in [0.2, 0.25) is 0 Å². The minimum Gasteiger partial charge on any atom is -0.342 e. The molecule has 1 heterocycles. The average molecular weight is 354 g/mol. The molecule has 130 valence electrons. The van der Waals surface area contributed by atoms with E-state index in [0.717, 1.165) is 42.1 Å². The fourth-order valence-corrected chi connectivity index (χ4v) is 3.85. The van der Waals surface area contributed by atoms with Crippen LogP contribution in [0, 0.1) is 6.92 Å². The molecule has 3 rings (SSSR count). The SMILES string of the molecule is Cc1cccc(NC(=O)c2ccccc2SCC(=O)N2CCCC2)c1. The summed E-state index contributed by atoms with van der Waals surface area (Å²) in [6.45, 7) is 3.70. The molecule has 0 unspecified atom stereocenters. The predicted octanol–water partition coefficient (Wildman–Crippen LogP) is 3.96. The van der Waals surface area contributed by atoms with E-state index in [4.69, 9.17) is 0 Å². The van der Waals surface area contributed by atoms with E-state index in [1.165, 1.54) is 11.8 Å². The lowest BCUT2D eigenvalue weighted by atomic mass is 10.2. The Bertz CT molecular complexity index is 770. The fourth-order valence-electron chi connectivity index (χ4n) is 2.90. The normalized spacial score (nSPS) is 13.7. The van der Waals surface area contributed by atoms with Gasteiger partial charge in [0.2, 0.25) is 5.91 Å². The highest BCUT2D eigenvalue weighted by atomic mass is 32.2. The van der Waals surface area contributed by atoms with E-state index in [1.54, 1.807) is 6.07 Å². The first-order chi connectivity index (χ1) is 12.1. The lowest BCUT2D eigenvalue weighted by Gasteiger charge is -2.15. The van der Waals surface area contributed by atoms with Crippen molar-refractivity contribution in [1.82, 2.24) is 4.90 Å². The van der Waals surface area contributed by atoms with E-state index in [2.05, 4.69) is 5.32 Å². The third-order valence-corrected chi connectivity index (χ3v) is 5.28. The Morgan fingerprint density at radius 2 is 1.84 bits per heavy atom. The number of rotatable bonds is 5. The van der Waals surface area contributed by atoms with Gasteiger partial charge < -0.3 is 10.2 Å². The van der Waals surface area contributed by atoms with Gasteiger partial charge >= 0.3 is 0 Å². The second-order valence-electron chi connectivity index (χ2n) is 6.20. The first-order valence-corrected chi connectivity index (χ1v) is 9.49. The van der Waals surface area contributed by atoms with Crippen molar-refractivity contribution in [2.45, 2.75) is 24.7 Å². The molecule has 0 aromatic heterocycles. The molecule has 0 spiro atoms. The van der Waals surface area contributed by atoms with Crippen molar-refractivity contribution >= 4 is 29.3 Å². The third kappa shape index (κ3) is 4.63. The molecule has 1 saturated heterocycles. The molecule has 2 amide bonds. The lowest BCUT2D eigenvalue weighted by Crippen LogP contribution is -2.29. The van der Waals surface area contributed by atoms with Crippen LogP contribution in [0.25, 0.3) is 0 Å². The topological polar surface area (TPSA) is 49.4 Å². The summed E-state index contributed by atoms with van der Waals surface area (Å²) >= 11 is 1.43. The van der Waals surface area contributed by atoms with Gasteiger partial charge in [-0.3, -0.25) is 9.59 Å². The molecule has 1 aliphatic heterocycles. The predicted molar refractivity (Wildman–Crippen MR) is 102 cm³/mol. The van der Waals surface area contributed by atoms with Gasteiger partial charge in [-0.25, -0.2) is 0 Å². The summed E-state index contributed by atoms with van der Waals surface area (Å²) in [5.41, 5.74) is 2.47. The van der Waals surface area contributed by atoms with Crippen molar-refractivity contribution in [3.05, 3.63) is 59.7 Å². The number of nitrogens with one attached hydrogen (secondary N) is 1. The van der Waals surface area contributed by atoms with E-state index in [0.29, 0.717) is 11.3 Å². The summed E-state index contributed by atoms with van der Waals surface area (Å²) in [6, 6.07) is 15.1. The maximum absolute atomic E-state index is 12.6. The van der Waals surface area contributed by atoms with Gasteiger partial charge in [0.25, 0.3) is 5.91 Å². The number of benzene rings is 2. The molecular weight excluding hydrogens is 332 g/mol. The van der Waals surface area contributed by atoms with Crippen molar-refractivity contribution in [1.29, 1.82) is 0 Å². The van der Waals surface area contributed by atoms with Gasteiger partial charge in [-0.2, -0.15) is 0 Å². The van der Waals surface area contributed by atoms with Gasteiger partial charge in [0.05, 0.1) is 11.3 Å². The summed E-state index contributed by atoms with van der Waals surface area (Å²) in [5, 5.41) is 2.93. The van der Waals surface area contributed by atoms with Crippen molar-refractivity contribution in [2.75, 3.05) is 24.2 Å². The minimum absolute atomic E-state index is 0.149. The molecule has 2 aromatic rings. The van der Waals surface area contributed by atoms with E-state index < -0.39 is 0 Å². The Hall–Kier alpha value is -2.27. The van der Waals surface area contributed by atoms with E-state index in [9.17, 15) is 9.59 Å². The smallest absolute Gasteiger partial charge is 0.256 e. The highest BCUT2D eigenvalue weighted by molar-refractivity contribution is 8.00. The van der Waals surface area contributed by atoms with Crippen LogP contribution in [0.4, 0.5) is 5.69 Å². The first kappa shape index (κ1) is 17.5. The summed E-state index contributed by atoms with van der Waals surface area (Å²) < 4.78 is 0. The molecule has 0 atom stereocenters. The highest BCUT2D eigenvalue weighted by Crippen LogP contribution is 2.25. The number of anilines is 1. The number of likely N-dealkylation sites (tertiary alicyclic amines) is 1. The molecule has 25 heavy (non-hydrogen) atoms. The van der Waals surface area contributed by atoms with Crippen molar-refractivity contribution in [3.8, 4) is 0 Å². The molecular formula is C20H22N2O2S. The van der Waals surface area contributed by atoms with Crippen LogP contribution < -0.4 is 5.32 Å². The number of nitrogens with zero attached hydrogens (tertiary/aromatic N) is 1. The second-order valence-corrected chi connectivity index (χ2v) is 7.21. The van der Waals surface area contributed by atoms with Crippen LogP contribution in [0.15, 0.2) is 53.4 Å². The standard InChI is InChI=1S/C20H22N2O2S/c1-15-7-6-8-16(13-15)21-20(24)17-9-2-3-10-18(17)25-14-19(23)22-11-4-5-12-22/h2-3,6-10,13H,4-5,11-12,14H2,1H3,(H,21,24). The number of hydrogen-bond donors (Lipinski definition) is 1. The summed E-state index contributed by atoms with van der Waals surface area (Å²) in [4.78, 5) is 27.6. The number of carbonyl (C=O) groups excluding carboxylic acids is 2. The van der Waals surface area contributed by atoms with Crippen LogP contribution >= 0.6 is 11.8 Å². The molecule has 4 nitrogen and oxygen atoms in total. The van der Waals surface area contributed by atoms with Crippen LogP contribution in [-0.4, -0.2) is 35.6 Å². The Labute approximate surface area is 152 Å². The van der Waals surface area contributed by atoms with Crippen LogP contribution in [0.1, 0.15) is 28.8 Å². The molecule has 1 fully saturated rings. The minimum atomic E-state index is -0.151. The summed E-state index contributed by atoms with van der Waals surface area (Å²) in [6.07, 6.45) is 2.18. The second kappa shape index (κ2) is 8.21. The molecule has 0 saturated carbocycles. The zero-order valence-corrected chi connectivity index (χ0v) is 15.1. The van der Waals surface area contributed by atoms with Gasteiger partial charge in [-0.05, 0) is 49.6 Å². The van der Waals surface area contributed by atoms with E-state index in [-0.39, 0.29) is 11.8 Å². The number of aryl methyl sites for hydroxylation is 1. The van der Waals surface area contributed by atoms with Crippen molar-refractivity contribution in [2.24, 2.45) is 0 Å². The Kier molecular flexibility index (Phi) is 5.76. The van der Waals surface area contributed by atoms with Crippen LogP contribution in [0.3, 0.4) is 0 Å². The van der Waals surface area contributed by atoms with Gasteiger partial charge in [-0.1, -0.05) is 24.3 Å².